The van der Waals surface area contributed by atoms with Gasteiger partial charge in [-0.05, 0) is 22.9 Å². The summed E-state index contributed by atoms with van der Waals surface area (Å²) >= 11 is 3.25. The first-order chi connectivity index (χ1) is 5.59. The summed E-state index contributed by atoms with van der Waals surface area (Å²) in [6.45, 7) is 1.83. The molecule has 0 aliphatic carbocycles. The maximum atomic E-state index is 10.5. The van der Waals surface area contributed by atoms with E-state index in [0.717, 1.165) is 10.2 Å². The lowest BCUT2D eigenvalue weighted by Crippen LogP contribution is -2.15. The third-order valence-electron chi connectivity index (χ3n) is 1.30. The van der Waals surface area contributed by atoms with Gasteiger partial charge in [0.15, 0.2) is 0 Å². The minimum Gasteiger partial charge on any atom is -0.369 e. The van der Waals surface area contributed by atoms with Crippen molar-refractivity contribution in [1.29, 1.82) is 0 Å². The highest BCUT2D eigenvalue weighted by Gasteiger charge is 2.03. The second-order valence-corrected chi connectivity index (χ2v) is 3.22. The van der Waals surface area contributed by atoms with Crippen LogP contribution >= 0.6 is 15.9 Å². The number of nitrogens with two attached hydrogens (primary N) is 1. The number of carbonyl (C=O) groups is 1. The molecule has 2 N–H and O–H groups in total. The number of rotatable bonds is 2. The van der Waals surface area contributed by atoms with Crippen molar-refractivity contribution in [3.8, 4) is 0 Å². The molecular weight excluding hydrogens is 222 g/mol. The molecule has 1 heterocycles. The van der Waals surface area contributed by atoms with Crippen LogP contribution in [0.2, 0.25) is 0 Å². The van der Waals surface area contributed by atoms with Crippen LogP contribution in [-0.2, 0) is 11.2 Å². The number of aryl methyl sites for hydroxylation is 1. The highest BCUT2D eigenvalue weighted by molar-refractivity contribution is 9.10. The molecule has 0 aliphatic rings. The molecule has 5 heteroatoms. The molecule has 64 valence electrons. The number of carbonyl (C=O) groups excluding carboxylic acids is 1. The molecule has 0 bridgehead atoms. The van der Waals surface area contributed by atoms with Crippen molar-refractivity contribution >= 4 is 21.8 Å². The number of amides is 1. The SMILES string of the molecule is Cc1nc(CC(N)=O)ncc1Br. The highest BCUT2D eigenvalue weighted by Crippen LogP contribution is 2.11. The molecule has 0 saturated heterocycles. The summed E-state index contributed by atoms with van der Waals surface area (Å²) in [4.78, 5) is 18.5. The van der Waals surface area contributed by atoms with Gasteiger partial charge in [-0.25, -0.2) is 9.97 Å². The molecule has 0 unspecified atom stereocenters. The van der Waals surface area contributed by atoms with Crippen molar-refractivity contribution in [2.45, 2.75) is 13.3 Å². The van der Waals surface area contributed by atoms with Crippen molar-refractivity contribution in [1.82, 2.24) is 9.97 Å². The van der Waals surface area contributed by atoms with E-state index in [9.17, 15) is 4.79 Å². The minimum atomic E-state index is -0.420. The number of nitrogens with zero attached hydrogens (tertiary/aromatic N) is 2. The topological polar surface area (TPSA) is 68.9 Å². The maximum Gasteiger partial charge on any atom is 0.225 e. The van der Waals surface area contributed by atoms with E-state index in [0.29, 0.717) is 5.82 Å². The number of primary amides is 1. The Morgan fingerprint density at radius 1 is 1.75 bits per heavy atom. The zero-order valence-corrected chi connectivity index (χ0v) is 8.13. The first-order valence-corrected chi connectivity index (χ1v) is 4.15. The average molecular weight is 230 g/mol. The Kier molecular flexibility index (Phi) is 2.75. The monoisotopic (exact) mass is 229 g/mol. The normalized spacial score (nSPS) is 9.83. The zero-order chi connectivity index (χ0) is 9.14. The first-order valence-electron chi connectivity index (χ1n) is 3.36. The Morgan fingerprint density at radius 3 is 2.92 bits per heavy atom. The fourth-order valence-electron chi connectivity index (χ4n) is 0.741. The van der Waals surface area contributed by atoms with Crippen molar-refractivity contribution in [2.75, 3.05) is 0 Å². The summed E-state index contributed by atoms with van der Waals surface area (Å²) in [5.74, 6) is 0.0416. The summed E-state index contributed by atoms with van der Waals surface area (Å²) in [6, 6.07) is 0. The van der Waals surface area contributed by atoms with Crippen LogP contribution in [0.25, 0.3) is 0 Å². The third kappa shape index (κ3) is 2.27. The maximum absolute atomic E-state index is 10.5. The Bertz CT molecular complexity index is 314. The smallest absolute Gasteiger partial charge is 0.225 e. The van der Waals surface area contributed by atoms with Crippen LogP contribution in [-0.4, -0.2) is 15.9 Å². The summed E-state index contributed by atoms with van der Waals surface area (Å²) in [6.07, 6.45) is 1.70. The van der Waals surface area contributed by atoms with Crippen LogP contribution in [0.1, 0.15) is 11.5 Å². The van der Waals surface area contributed by atoms with Gasteiger partial charge < -0.3 is 5.73 Å². The van der Waals surface area contributed by atoms with E-state index >= 15 is 0 Å². The fourth-order valence-corrected chi connectivity index (χ4v) is 0.933. The molecule has 0 saturated carbocycles. The lowest BCUT2D eigenvalue weighted by Gasteiger charge is -1.99. The van der Waals surface area contributed by atoms with E-state index < -0.39 is 5.91 Å². The second kappa shape index (κ2) is 3.62. The lowest BCUT2D eigenvalue weighted by molar-refractivity contribution is -0.117. The number of hydrogen-bond acceptors (Lipinski definition) is 3. The van der Waals surface area contributed by atoms with Crippen LogP contribution in [0.3, 0.4) is 0 Å². The molecule has 1 aromatic heterocycles. The van der Waals surface area contributed by atoms with Gasteiger partial charge in [-0.2, -0.15) is 0 Å². The van der Waals surface area contributed by atoms with E-state index in [1.54, 1.807) is 6.20 Å². The molecule has 4 nitrogen and oxygen atoms in total. The zero-order valence-electron chi connectivity index (χ0n) is 6.54. The van der Waals surface area contributed by atoms with Crippen LogP contribution in [0.4, 0.5) is 0 Å². The summed E-state index contributed by atoms with van der Waals surface area (Å²) in [5, 5.41) is 0. The summed E-state index contributed by atoms with van der Waals surface area (Å²) in [7, 11) is 0. The van der Waals surface area contributed by atoms with E-state index in [1.807, 2.05) is 6.92 Å². The second-order valence-electron chi connectivity index (χ2n) is 2.36. The van der Waals surface area contributed by atoms with Gasteiger partial charge in [0.25, 0.3) is 0 Å². The van der Waals surface area contributed by atoms with Gasteiger partial charge in [-0.1, -0.05) is 0 Å². The van der Waals surface area contributed by atoms with Gasteiger partial charge >= 0.3 is 0 Å². The molecule has 0 fully saturated rings. The van der Waals surface area contributed by atoms with Gasteiger partial charge in [0.05, 0.1) is 16.6 Å². The van der Waals surface area contributed by atoms with Gasteiger partial charge in [0, 0.05) is 6.20 Å². The fraction of sp³-hybridized carbons (Fsp3) is 0.286. The van der Waals surface area contributed by atoms with Gasteiger partial charge in [-0.15, -0.1) is 0 Å². The van der Waals surface area contributed by atoms with E-state index in [1.165, 1.54) is 0 Å². The summed E-state index contributed by atoms with van der Waals surface area (Å²) < 4.78 is 0.829. The van der Waals surface area contributed by atoms with Crippen molar-refractivity contribution in [2.24, 2.45) is 5.73 Å². The molecule has 1 rings (SSSR count). The predicted octanol–water partition coefficient (Wildman–Crippen LogP) is 0.575. The van der Waals surface area contributed by atoms with Crippen molar-refractivity contribution in [3.63, 3.8) is 0 Å². The molecule has 0 spiro atoms. The van der Waals surface area contributed by atoms with Crippen molar-refractivity contribution < 1.29 is 4.79 Å². The van der Waals surface area contributed by atoms with Crippen LogP contribution < -0.4 is 5.73 Å². The number of aromatic nitrogens is 2. The highest BCUT2D eigenvalue weighted by atomic mass is 79.9. The van der Waals surface area contributed by atoms with Gasteiger partial charge in [0.2, 0.25) is 5.91 Å². The molecule has 0 atom stereocenters. The molecular formula is C7H8BrN3O. The quantitative estimate of drug-likeness (QED) is 0.807. The molecule has 12 heavy (non-hydrogen) atoms. The number of halogens is 1. The number of hydrogen-bond donors (Lipinski definition) is 1. The molecule has 1 amide bonds. The Balaban J connectivity index is 2.89. The molecule has 0 aromatic carbocycles. The Morgan fingerprint density at radius 2 is 2.42 bits per heavy atom. The van der Waals surface area contributed by atoms with Crippen LogP contribution in [0.15, 0.2) is 10.7 Å². The van der Waals surface area contributed by atoms with Crippen molar-refractivity contribution in [3.05, 3.63) is 22.2 Å². The van der Waals surface area contributed by atoms with E-state index in [2.05, 4.69) is 25.9 Å². The van der Waals surface area contributed by atoms with Gasteiger partial charge in [-0.3, -0.25) is 4.79 Å². The largest absolute Gasteiger partial charge is 0.369 e. The predicted molar refractivity (Wildman–Crippen MR) is 47.4 cm³/mol. The Hall–Kier alpha value is -0.970. The van der Waals surface area contributed by atoms with E-state index in [4.69, 9.17) is 5.73 Å². The average Bonchev–Trinajstić information content (AvgIpc) is 1.96. The first kappa shape index (κ1) is 9.12. The minimum absolute atomic E-state index is 0.0914. The molecule has 0 radical (unpaired) electrons. The van der Waals surface area contributed by atoms with Gasteiger partial charge in [0.1, 0.15) is 5.82 Å². The molecule has 0 aliphatic heterocycles. The van der Waals surface area contributed by atoms with Crippen LogP contribution in [0, 0.1) is 6.92 Å². The van der Waals surface area contributed by atoms with E-state index in [-0.39, 0.29) is 6.42 Å². The van der Waals surface area contributed by atoms with Crippen LogP contribution in [0.5, 0.6) is 0 Å². The lowest BCUT2D eigenvalue weighted by atomic mass is 10.3. The summed E-state index contributed by atoms with van der Waals surface area (Å²) in [5.41, 5.74) is 5.79. The third-order valence-corrected chi connectivity index (χ3v) is 2.08. The molecule has 1 aromatic rings. The standard InChI is InChI=1S/C7H8BrN3O/c1-4-5(8)3-10-7(11-4)2-6(9)12/h3H,2H2,1H3,(H2,9,12). The Labute approximate surface area is 78.3 Å².